The zero-order valence-electron chi connectivity index (χ0n) is 12.9. The fraction of sp³-hybridized carbons (Fsp3) is 0.278. The van der Waals surface area contributed by atoms with E-state index >= 15 is 0 Å². The SMILES string of the molecule is Cc1cccc(NC(=O)C(C)SCc2ccc(CO)cc2)c1. The number of thioether (sulfide) groups is 1. The maximum Gasteiger partial charge on any atom is 0.237 e. The van der Waals surface area contributed by atoms with Crippen LogP contribution >= 0.6 is 11.8 Å². The number of benzene rings is 2. The van der Waals surface area contributed by atoms with E-state index in [0.717, 1.165) is 28.1 Å². The number of carbonyl (C=O) groups excluding carboxylic acids is 1. The molecule has 2 N–H and O–H groups in total. The Morgan fingerprint density at radius 2 is 1.86 bits per heavy atom. The molecule has 0 fully saturated rings. The number of anilines is 1. The third-order valence-electron chi connectivity index (χ3n) is 3.36. The largest absolute Gasteiger partial charge is 0.392 e. The Kier molecular flexibility index (Phi) is 6.04. The molecule has 1 amide bonds. The first-order valence-electron chi connectivity index (χ1n) is 7.26. The molecule has 2 rings (SSSR count). The molecule has 2 aromatic carbocycles. The number of aliphatic hydroxyl groups excluding tert-OH is 1. The van der Waals surface area contributed by atoms with Crippen molar-refractivity contribution in [1.82, 2.24) is 0 Å². The average Bonchev–Trinajstić information content (AvgIpc) is 2.53. The highest BCUT2D eigenvalue weighted by Crippen LogP contribution is 2.20. The quantitative estimate of drug-likeness (QED) is 0.853. The summed E-state index contributed by atoms with van der Waals surface area (Å²) < 4.78 is 0. The fourth-order valence-corrected chi connectivity index (χ4v) is 2.85. The highest BCUT2D eigenvalue weighted by molar-refractivity contribution is 7.99. The number of hydrogen-bond acceptors (Lipinski definition) is 3. The van der Waals surface area contributed by atoms with Crippen LogP contribution in [0.3, 0.4) is 0 Å². The van der Waals surface area contributed by atoms with Gasteiger partial charge >= 0.3 is 0 Å². The van der Waals surface area contributed by atoms with Gasteiger partial charge in [-0.05, 0) is 42.7 Å². The van der Waals surface area contributed by atoms with Crippen molar-refractivity contribution in [2.24, 2.45) is 0 Å². The lowest BCUT2D eigenvalue weighted by Crippen LogP contribution is -2.22. The van der Waals surface area contributed by atoms with E-state index in [2.05, 4.69) is 5.32 Å². The van der Waals surface area contributed by atoms with Gasteiger partial charge in [0.05, 0.1) is 11.9 Å². The van der Waals surface area contributed by atoms with Gasteiger partial charge in [-0.1, -0.05) is 36.4 Å². The number of hydrogen-bond donors (Lipinski definition) is 2. The van der Waals surface area contributed by atoms with Crippen LogP contribution in [0.5, 0.6) is 0 Å². The van der Waals surface area contributed by atoms with Crippen LogP contribution in [0.25, 0.3) is 0 Å². The molecule has 1 unspecified atom stereocenters. The molecule has 1 atom stereocenters. The molecule has 116 valence electrons. The summed E-state index contributed by atoms with van der Waals surface area (Å²) in [7, 11) is 0. The lowest BCUT2D eigenvalue weighted by atomic mass is 10.2. The summed E-state index contributed by atoms with van der Waals surface area (Å²) >= 11 is 1.60. The second-order valence-electron chi connectivity index (χ2n) is 5.29. The molecule has 0 saturated carbocycles. The highest BCUT2D eigenvalue weighted by Gasteiger charge is 2.13. The monoisotopic (exact) mass is 315 g/mol. The van der Waals surface area contributed by atoms with Gasteiger partial charge in [-0.25, -0.2) is 0 Å². The van der Waals surface area contributed by atoms with Crippen molar-refractivity contribution in [3.63, 3.8) is 0 Å². The van der Waals surface area contributed by atoms with E-state index in [-0.39, 0.29) is 17.8 Å². The Bertz CT molecular complexity index is 625. The summed E-state index contributed by atoms with van der Waals surface area (Å²) in [4.78, 5) is 12.2. The van der Waals surface area contributed by atoms with Crippen molar-refractivity contribution >= 4 is 23.4 Å². The zero-order valence-corrected chi connectivity index (χ0v) is 13.7. The molecule has 0 aliphatic carbocycles. The van der Waals surface area contributed by atoms with Gasteiger partial charge in [-0.3, -0.25) is 4.79 Å². The highest BCUT2D eigenvalue weighted by atomic mass is 32.2. The van der Waals surface area contributed by atoms with Crippen molar-refractivity contribution in [1.29, 1.82) is 0 Å². The van der Waals surface area contributed by atoms with Crippen molar-refractivity contribution in [2.75, 3.05) is 5.32 Å². The molecule has 0 saturated heterocycles. The number of aliphatic hydroxyl groups is 1. The second-order valence-corrected chi connectivity index (χ2v) is 6.62. The minimum absolute atomic E-state index is 0.0163. The van der Waals surface area contributed by atoms with Crippen LogP contribution in [0, 0.1) is 6.92 Å². The van der Waals surface area contributed by atoms with E-state index in [1.54, 1.807) is 11.8 Å². The van der Waals surface area contributed by atoms with Crippen molar-refractivity contribution in [3.8, 4) is 0 Å². The number of amides is 1. The van der Waals surface area contributed by atoms with Gasteiger partial charge in [-0.2, -0.15) is 0 Å². The predicted molar refractivity (Wildman–Crippen MR) is 92.9 cm³/mol. The molecule has 3 nitrogen and oxygen atoms in total. The Morgan fingerprint density at radius 3 is 2.50 bits per heavy atom. The van der Waals surface area contributed by atoms with Crippen LogP contribution in [0.2, 0.25) is 0 Å². The first kappa shape index (κ1) is 16.6. The average molecular weight is 315 g/mol. The van der Waals surface area contributed by atoms with Gasteiger partial charge in [0.15, 0.2) is 0 Å². The van der Waals surface area contributed by atoms with E-state index in [0.29, 0.717) is 0 Å². The van der Waals surface area contributed by atoms with Gasteiger partial charge in [0.1, 0.15) is 0 Å². The number of nitrogens with one attached hydrogen (secondary N) is 1. The molecule has 2 aromatic rings. The van der Waals surface area contributed by atoms with Gasteiger partial charge < -0.3 is 10.4 Å². The van der Waals surface area contributed by atoms with Gasteiger partial charge in [0.25, 0.3) is 0 Å². The topological polar surface area (TPSA) is 49.3 Å². The van der Waals surface area contributed by atoms with Crippen LogP contribution in [-0.2, 0) is 17.2 Å². The summed E-state index contributed by atoms with van der Waals surface area (Å²) in [5.41, 5.74) is 4.02. The van der Waals surface area contributed by atoms with Crippen molar-refractivity contribution < 1.29 is 9.90 Å². The number of aryl methyl sites for hydroxylation is 1. The first-order chi connectivity index (χ1) is 10.6. The molecular formula is C18H21NO2S. The molecule has 0 heterocycles. The van der Waals surface area contributed by atoms with Crippen molar-refractivity contribution in [3.05, 3.63) is 65.2 Å². The van der Waals surface area contributed by atoms with E-state index in [4.69, 9.17) is 5.11 Å². The minimum atomic E-state index is -0.127. The molecule has 0 spiro atoms. The molecule has 4 heteroatoms. The predicted octanol–water partition coefficient (Wildman–Crippen LogP) is 3.75. The van der Waals surface area contributed by atoms with Crippen LogP contribution in [-0.4, -0.2) is 16.3 Å². The van der Waals surface area contributed by atoms with Crippen LogP contribution in [0.1, 0.15) is 23.6 Å². The summed E-state index contributed by atoms with van der Waals surface area (Å²) in [5, 5.41) is 11.8. The maximum atomic E-state index is 12.2. The molecule has 0 aliphatic heterocycles. The Hall–Kier alpha value is -1.78. The molecule has 0 radical (unpaired) electrons. The third kappa shape index (κ3) is 4.90. The lowest BCUT2D eigenvalue weighted by Gasteiger charge is -2.12. The normalized spacial score (nSPS) is 12.0. The lowest BCUT2D eigenvalue weighted by molar-refractivity contribution is -0.115. The van der Waals surface area contributed by atoms with Crippen LogP contribution < -0.4 is 5.32 Å². The van der Waals surface area contributed by atoms with Crippen LogP contribution in [0.4, 0.5) is 5.69 Å². The van der Waals surface area contributed by atoms with E-state index in [9.17, 15) is 4.79 Å². The molecule has 0 aliphatic rings. The summed E-state index contributed by atoms with van der Waals surface area (Å²) in [6.07, 6.45) is 0. The number of carbonyl (C=O) groups is 1. The van der Waals surface area contributed by atoms with Gasteiger partial charge in [0.2, 0.25) is 5.91 Å². The standard InChI is InChI=1S/C18H21NO2S/c1-13-4-3-5-17(10-13)19-18(21)14(2)22-12-16-8-6-15(11-20)7-9-16/h3-10,14,20H,11-12H2,1-2H3,(H,19,21). The fourth-order valence-electron chi connectivity index (χ4n) is 2.00. The number of rotatable bonds is 6. The van der Waals surface area contributed by atoms with Gasteiger partial charge in [-0.15, -0.1) is 11.8 Å². The smallest absolute Gasteiger partial charge is 0.237 e. The molecular weight excluding hydrogens is 294 g/mol. The van der Waals surface area contributed by atoms with Crippen LogP contribution in [0.15, 0.2) is 48.5 Å². The second kappa shape index (κ2) is 8.01. The molecule has 0 aromatic heterocycles. The van der Waals surface area contributed by atoms with E-state index in [1.165, 1.54) is 0 Å². The van der Waals surface area contributed by atoms with E-state index in [1.807, 2.05) is 62.4 Å². The maximum absolute atomic E-state index is 12.2. The first-order valence-corrected chi connectivity index (χ1v) is 8.31. The molecule has 22 heavy (non-hydrogen) atoms. The Labute approximate surface area is 135 Å². The van der Waals surface area contributed by atoms with Gasteiger partial charge in [0, 0.05) is 11.4 Å². The summed E-state index contributed by atoms with van der Waals surface area (Å²) in [5.74, 6) is 0.788. The summed E-state index contributed by atoms with van der Waals surface area (Å²) in [6.45, 7) is 3.98. The minimum Gasteiger partial charge on any atom is -0.392 e. The Morgan fingerprint density at radius 1 is 1.18 bits per heavy atom. The Balaban J connectivity index is 1.85. The zero-order chi connectivity index (χ0) is 15.9. The third-order valence-corrected chi connectivity index (χ3v) is 4.57. The molecule has 0 bridgehead atoms. The van der Waals surface area contributed by atoms with E-state index < -0.39 is 0 Å². The van der Waals surface area contributed by atoms with Crippen molar-refractivity contribution in [2.45, 2.75) is 31.5 Å². The summed E-state index contributed by atoms with van der Waals surface area (Å²) in [6, 6.07) is 15.6.